The third-order valence-electron chi connectivity index (χ3n) is 4.57. The molecule has 0 spiro atoms. The zero-order chi connectivity index (χ0) is 23.1. The Labute approximate surface area is 184 Å². The van der Waals surface area contributed by atoms with Crippen molar-refractivity contribution in [2.75, 3.05) is 6.54 Å². The first-order chi connectivity index (χ1) is 15.4. The van der Waals surface area contributed by atoms with Gasteiger partial charge in [-0.1, -0.05) is 36.4 Å². The molecule has 1 unspecified atom stereocenters. The van der Waals surface area contributed by atoms with Crippen LogP contribution in [-0.4, -0.2) is 55.0 Å². The highest BCUT2D eigenvalue weighted by Crippen LogP contribution is 2.30. The van der Waals surface area contributed by atoms with Crippen molar-refractivity contribution < 1.29 is 38.1 Å². The Kier molecular flexibility index (Phi) is 7.56. The molecule has 1 fully saturated rings. The van der Waals surface area contributed by atoms with Crippen LogP contribution in [0.5, 0.6) is 0 Å². The van der Waals surface area contributed by atoms with Crippen LogP contribution in [0.1, 0.15) is 34.6 Å². The first kappa shape index (κ1) is 23.0. The van der Waals surface area contributed by atoms with Crippen molar-refractivity contribution in [3.63, 3.8) is 0 Å². The van der Waals surface area contributed by atoms with E-state index in [-0.39, 0.29) is 17.7 Å². The lowest BCUT2D eigenvalue weighted by molar-refractivity contribution is -0.187. The second-order valence-corrected chi connectivity index (χ2v) is 6.90. The van der Waals surface area contributed by atoms with Crippen molar-refractivity contribution in [2.45, 2.75) is 38.4 Å². The number of nitrogens with one attached hydrogen (secondary N) is 1. The molecule has 4 atom stereocenters. The standard InChI is InChI=1S/C23H23NO8/c1-3-24-20(26)18-17(30-21(27)15-10-6-4-7-11-15)19(23(32-18)29-14(2)25)31-22(28)16-12-8-5-9-13-16/h4-13,17-19,23H,3H2,1-2H3,(H,24,26)/t17-,18+,19-,23?/m1/s1. The van der Waals surface area contributed by atoms with Gasteiger partial charge in [-0.25, -0.2) is 9.59 Å². The van der Waals surface area contributed by atoms with Crippen molar-refractivity contribution >= 4 is 23.8 Å². The number of hydrogen-bond acceptors (Lipinski definition) is 8. The van der Waals surface area contributed by atoms with Crippen LogP contribution in [0.2, 0.25) is 0 Å². The molecule has 1 aliphatic heterocycles. The van der Waals surface area contributed by atoms with Gasteiger partial charge in [-0.2, -0.15) is 0 Å². The molecule has 1 heterocycles. The van der Waals surface area contributed by atoms with Crippen LogP contribution in [-0.2, 0) is 28.5 Å². The molecule has 3 rings (SSSR count). The van der Waals surface area contributed by atoms with Gasteiger partial charge in [-0.15, -0.1) is 0 Å². The number of esters is 3. The molecule has 32 heavy (non-hydrogen) atoms. The van der Waals surface area contributed by atoms with Gasteiger partial charge in [0.1, 0.15) is 0 Å². The molecular formula is C23H23NO8. The molecule has 0 radical (unpaired) electrons. The van der Waals surface area contributed by atoms with Gasteiger partial charge in [0.05, 0.1) is 11.1 Å². The van der Waals surface area contributed by atoms with Crippen LogP contribution in [0.3, 0.4) is 0 Å². The van der Waals surface area contributed by atoms with Crippen LogP contribution in [0.4, 0.5) is 0 Å². The predicted molar refractivity (Wildman–Crippen MR) is 110 cm³/mol. The van der Waals surface area contributed by atoms with Crippen molar-refractivity contribution in [3.05, 3.63) is 71.8 Å². The average molecular weight is 441 g/mol. The molecule has 9 nitrogen and oxygen atoms in total. The van der Waals surface area contributed by atoms with Gasteiger partial charge < -0.3 is 24.3 Å². The second-order valence-electron chi connectivity index (χ2n) is 6.90. The number of hydrogen-bond donors (Lipinski definition) is 1. The van der Waals surface area contributed by atoms with Crippen molar-refractivity contribution in [1.29, 1.82) is 0 Å². The van der Waals surface area contributed by atoms with E-state index in [1.807, 2.05) is 0 Å². The van der Waals surface area contributed by atoms with E-state index in [0.29, 0.717) is 0 Å². The zero-order valence-electron chi connectivity index (χ0n) is 17.6. The van der Waals surface area contributed by atoms with Gasteiger partial charge in [0.25, 0.3) is 5.91 Å². The van der Waals surface area contributed by atoms with Crippen LogP contribution in [0, 0.1) is 0 Å². The van der Waals surface area contributed by atoms with E-state index >= 15 is 0 Å². The summed E-state index contributed by atoms with van der Waals surface area (Å²) in [6.45, 7) is 3.13. The summed E-state index contributed by atoms with van der Waals surface area (Å²) in [6, 6.07) is 16.2. The third kappa shape index (κ3) is 5.50. The minimum Gasteiger partial charge on any atom is -0.451 e. The monoisotopic (exact) mass is 441 g/mol. The highest BCUT2D eigenvalue weighted by molar-refractivity contribution is 5.91. The van der Waals surface area contributed by atoms with Crippen LogP contribution < -0.4 is 5.32 Å². The van der Waals surface area contributed by atoms with Crippen LogP contribution >= 0.6 is 0 Å². The van der Waals surface area contributed by atoms with Gasteiger partial charge in [0, 0.05) is 13.5 Å². The summed E-state index contributed by atoms with van der Waals surface area (Å²) in [4.78, 5) is 49.6. The Morgan fingerprint density at radius 2 is 1.31 bits per heavy atom. The fourth-order valence-corrected chi connectivity index (χ4v) is 3.15. The Bertz CT molecular complexity index is 962. The number of likely N-dealkylation sites (N-methyl/N-ethyl adjacent to an activating group) is 1. The van der Waals surface area contributed by atoms with Gasteiger partial charge in [0.2, 0.25) is 12.4 Å². The molecule has 1 amide bonds. The smallest absolute Gasteiger partial charge is 0.338 e. The Morgan fingerprint density at radius 1 is 0.812 bits per heavy atom. The summed E-state index contributed by atoms with van der Waals surface area (Å²) in [5.74, 6) is -2.83. The Hall–Kier alpha value is -3.72. The van der Waals surface area contributed by atoms with Gasteiger partial charge in [-0.3, -0.25) is 9.59 Å². The fourth-order valence-electron chi connectivity index (χ4n) is 3.15. The summed E-state index contributed by atoms with van der Waals surface area (Å²) < 4.78 is 21.8. The van der Waals surface area contributed by atoms with Gasteiger partial charge >= 0.3 is 17.9 Å². The maximum atomic E-state index is 12.7. The first-order valence-electron chi connectivity index (χ1n) is 10.0. The van der Waals surface area contributed by atoms with E-state index in [1.165, 1.54) is 24.3 Å². The molecule has 0 aromatic heterocycles. The molecule has 0 saturated carbocycles. The van der Waals surface area contributed by atoms with Crippen molar-refractivity contribution in [1.82, 2.24) is 5.32 Å². The average Bonchev–Trinajstić information content (AvgIpc) is 3.11. The fraction of sp³-hybridized carbons (Fsp3) is 0.304. The maximum Gasteiger partial charge on any atom is 0.338 e. The lowest BCUT2D eigenvalue weighted by Gasteiger charge is -2.23. The summed E-state index contributed by atoms with van der Waals surface area (Å²) >= 11 is 0. The molecule has 1 aliphatic rings. The summed E-state index contributed by atoms with van der Waals surface area (Å²) in [5, 5.41) is 2.57. The Balaban J connectivity index is 1.91. The summed E-state index contributed by atoms with van der Waals surface area (Å²) in [7, 11) is 0. The molecule has 0 aliphatic carbocycles. The van der Waals surface area contributed by atoms with Crippen molar-refractivity contribution in [3.8, 4) is 0 Å². The third-order valence-corrected chi connectivity index (χ3v) is 4.57. The minimum absolute atomic E-state index is 0.226. The first-order valence-corrected chi connectivity index (χ1v) is 10.0. The number of rotatable bonds is 7. The highest BCUT2D eigenvalue weighted by atomic mass is 16.7. The maximum absolute atomic E-state index is 12.7. The molecule has 9 heteroatoms. The molecular weight excluding hydrogens is 418 g/mol. The van der Waals surface area contributed by atoms with Crippen LogP contribution in [0.25, 0.3) is 0 Å². The van der Waals surface area contributed by atoms with E-state index in [4.69, 9.17) is 18.9 Å². The summed E-state index contributed by atoms with van der Waals surface area (Å²) in [5.41, 5.74) is 0.454. The topological polar surface area (TPSA) is 117 Å². The van der Waals surface area contributed by atoms with E-state index in [9.17, 15) is 19.2 Å². The molecule has 2 aromatic carbocycles. The number of benzene rings is 2. The van der Waals surface area contributed by atoms with Gasteiger partial charge in [-0.05, 0) is 31.2 Å². The molecule has 1 saturated heterocycles. The lowest BCUT2D eigenvalue weighted by atomic mass is 10.1. The van der Waals surface area contributed by atoms with Crippen LogP contribution in [0.15, 0.2) is 60.7 Å². The van der Waals surface area contributed by atoms with E-state index < -0.39 is 48.4 Å². The SMILES string of the molecule is CCNC(=O)[C@H]1OC(OC(C)=O)[C@H](OC(=O)c2ccccc2)[C@@H]1OC(=O)c1ccccc1. The molecule has 2 aromatic rings. The van der Waals surface area contributed by atoms with Crippen molar-refractivity contribution in [2.24, 2.45) is 0 Å². The van der Waals surface area contributed by atoms with Gasteiger partial charge in [0.15, 0.2) is 12.2 Å². The second kappa shape index (κ2) is 10.5. The van der Waals surface area contributed by atoms with E-state index in [2.05, 4.69) is 5.32 Å². The minimum atomic E-state index is -1.44. The number of ether oxygens (including phenoxy) is 4. The molecule has 168 valence electrons. The Morgan fingerprint density at radius 3 is 1.78 bits per heavy atom. The largest absolute Gasteiger partial charge is 0.451 e. The van der Waals surface area contributed by atoms with E-state index in [0.717, 1.165) is 6.92 Å². The number of carbonyl (C=O) groups excluding carboxylic acids is 4. The normalized spacial score (nSPS) is 21.9. The van der Waals surface area contributed by atoms with E-state index in [1.54, 1.807) is 43.3 Å². The predicted octanol–water partition coefficient (Wildman–Crippen LogP) is 1.86. The lowest BCUT2D eigenvalue weighted by Crippen LogP contribution is -2.46. The highest BCUT2D eigenvalue weighted by Gasteiger charge is 2.54. The summed E-state index contributed by atoms with van der Waals surface area (Å²) in [6.07, 6.45) is -5.53. The number of amides is 1. The molecule has 1 N–H and O–H groups in total. The zero-order valence-corrected chi connectivity index (χ0v) is 17.6. The molecule has 0 bridgehead atoms. The quantitative estimate of drug-likeness (QED) is 0.511. The number of carbonyl (C=O) groups is 4.